The van der Waals surface area contributed by atoms with Crippen LogP contribution in [-0.4, -0.2) is 52.8 Å². The number of carbonyl (C=O) groups is 2. The Labute approximate surface area is 174 Å². The first-order valence-electron chi connectivity index (χ1n) is 10.6. The Bertz CT molecular complexity index is 594. The van der Waals surface area contributed by atoms with Crippen molar-refractivity contribution < 1.29 is 24.5 Å². The molecule has 1 aromatic carbocycles. The van der Waals surface area contributed by atoms with Crippen molar-refractivity contribution in [2.24, 2.45) is 5.92 Å². The van der Waals surface area contributed by atoms with Crippen LogP contribution in [0.3, 0.4) is 0 Å². The fraction of sp³-hybridized carbons (Fsp3) is 0.652. The van der Waals surface area contributed by atoms with Crippen LogP contribution in [0.4, 0.5) is 0 Å². The molecule has 0 aliphatic carbocycles. The van der Waals surface area contributed by atoms with E-state index in [1.165, 1.54) is 57.3 Å². The van der Waals surface area contributed by atoms with Gasteiger partial charge in [-0.1, -0.05) is 32.4 Å². The first kappa shape index (κ1) is 25.0. The van der Waals surface area contributed by atoms with Gasteiger partial charge >= 0.3 is 11.9 Å². The van der Waals surface area contributed by atoms with Crippen molar-refractivity contribution in [1.82, 2.24) is 4.90 Å². The predicted octanol–water partition coefficient (Wildman–Crippen LogP) is 4.64. The molecule has 0 radical (unpaired) electrons. The summed E-state index contributed by atoms with van der Waals surface area (Å²) in [6, 6.07) is 8.86. The fourth-order valence-corrected chi connectivity index (χ4v) is 3.45. The predicted molar refractivity (Wildman–Crippen MR) is 115 cm³/mol. The number of ether oxygens (including phenoxy) is 1. The van der Waals surface area contributed by atoms with Crippen LogP contribution in [0.15, 0.2) is 24.3 Å². The molecule has 1 atom stereocenters. The molecule has 0 spiro atoms. The lowest BCUT2D eigenvalue weighted by atomic mass is 9.88. The molecule has 6 nitrogen and oxygen atoms in total. The molecule has 0 saturated carbocycles. The Morgan fingerprint density at radius 3 is 1.93 bits per heavy atom. The van der Waals surface area contributed by atoms with Crippen LogP contribution < -0.4 is 4.74 Å². The van der Waals surface area contributed by atoms with E-state index in [-0.39, 0.29) is 6.10 Å². The van der Waals surface area contributed by atoms with Crippen molar-refractivity contribution in [1.29, 1.82) is 0 Å². The van der Waals surface area contributed by atoms with E-state index in [4.69, 9.17) is 24.5 Å². The molecule has 0 aromatic heterocycles. The van der Waals surface area contributed by atoms with E-state index in [0.717, 1.165) is 11.7 Å². The lowest BCUT2D eigenvalue weighted by Gasteiger charge is -2.22. The number of hydrogen-bond acceptors (Lipinski definition) is 4. The zero-order chi connectivity index (χ0) is 21.8. The second kappa shape index (κ2) is 13.2. The first-order valence-corrected chi connectivity index (χ1v) is 10.6. The van der Waals surface area contributed by atoms with E-state index in [2.05, 4.69) is 56.9 Å². The van der Waals surface area contributed by atoms with Gasteiger partial charge in [0.05, 0.1) is 6.10 Å². The quantitative estimate of drug-likeness (QED) is 0.580. The van der Waals surface area contributed by atoms with Gasteiger partial charge < -0.3 is 19.8 Å². The molecule has 1 aromatic rings. The fourth-order valence-electron chi connectivity index (χ4n) is 3.45. The summed E-state index contributed by atoms with van der Waals surface area (Å²) in [5.74, 6) is -1.19. The van der Waals surface area contributed by atoms with Crippen molar-refractivity contribution >= 4 is 11.9 Å². The van der Waals surface area contributed by atoms with Crippen molar-refractivity contribution in [3.63, 3.8) is 0 Å². The monoisotopic (exact) mass is 407 g/mol. The number of hydrogen-bond donors (Lipinski definition) is 2. The zero-order valence-corrected chi connectivity index (χ0v) is 18.3. The molecule has 0 amide bonds. The van der Waals surface area contributed by atoms with Crippen LogP contribution in [0, 0.1) is 5.92 Å². The Kier molecular flexibility index (Phi) is 11.4. The van der Waals surface area contributed by atoms with Crippen molar-refractivity contribution in [2.75, 3.05) is 19.6 Å². The van der Waals surface area contributed by atoms with Crippen LogP contribution in [0.1, 0.15) is 71.3 Å². The van der Waals surface area contributed by atoms with Gasteiger partial charge in [0.15, 0.2) is 0 Å². The lowest BCUT2D eigenvalue weighted by Crippen LogP contribution is -2.22. The van der Waals surface area contributed by atoms with E-state index >= 15 is 0 Å². The molecular formula is C23H37NO5. The minimum Gasteiger partial charge on any atom is -0.491 e. The van der Waals surface area contributed by atoms with Crippen LogP contribution in [-0.2, 0) is 9.59 Å². The number of rotatable bonds is 9. The maximum atomic E-state index is 9.10. The Morgan fingerprint density at radius 2 is 1.48 bits per heavy atom. The second-order valence-corrected chi connectivity index (χ2v) is 8.35. The highest BCUT2D eigenvalue weighted by Gasteiger charge is 2.17. The standard InChI is InChI=1S/C21H35NO.C2H2O4/c1-17(2)7-8-20(13-16-22-14-5-6-15-22)19-9-11-21(12-10-19)23-18(3)4;3-1(4)2(5)6/h9-12,17-18,20H,5-8,13-16H2,1-4H3;(H,3,4)(H,5,6). The Morgan fingerprint density at radius 1 is 0.931 bits per heavy atom. The van der Waals surface area contributed by atoms with Gasteiger partial charge in [-0.2, -0.15) is 0 Å². The molecule has 164 valence electrons. The van der Waals surface area contributed by atoms with Crippen molar-refractivity contribution in [2.45, 2.75) is 71.8 Å². The van der Waals surface area contributed by atoms with Gasteiger partial charge in [-0.15, -0.1) is 0 Å². The van der Waals surface area contributed by atoms with Gasteiger partial charge in [0.2, 0.25) is 0 Å². The molecule has 1 heterocycles. The van der Waals surface area contributed by atoms with E-state index in [1.807, 2.05) is 0 Å². The SMILES string of the molecule is CC(C)CCC(CCN1CCCC1)c1ccc(OC(C)C)cc1.O=C(O)C(=O)O. The zero-order valence-electron chi connectivity index (χ0n) is 18.3. The summed E-state index contributed by atoms with van der Waals surface area (Å²) in [7, 11) is 0. The molecule has 1 fully saturated rings. The van der Waals surface area contributed by atoms with Crippen molar-refractivity contribution in [3.8, 4) is 5.75 Å². The highest BCUT2D eigenvalue weighted by atomic mass is 16.5. The van der Waals surface area contributed by atoms with Gasteiger partial charge in [-0.3, -0.25) is 0 Å². The van der Waals surface area contributed by atoms with Crippen LogP contribution in [0.5, 0.6) is 5.75 Å². The molecule has 1 aliphatic rings. The maximum Gasteiger partial charge on any atom is 0.414 e. The summed E-state index contributed by atoms with van der Waals surface area (Å²) < 4.78 is 5.78. The smallest absolute Gasteiger partial charge is 0.414 e. The number of carboxylic acid groups (broad SMARTS) is 2. The first-order chi connectivity index (χ1) is 13.7. The topological polar surface area (TPSA) is 87.1 Å². The largest absolute Gasteiger partial charge is 0.491 e. The van der Waals surface area contributed by atoms with E-state index < -0.39 is 11.9 Å². The summed E-state index contributed by atoms with van der Waals surface area (Å²) in [6.45, 7) is 12.7. The van der Waals surface area contributed by atoms with Gasteiger partial charge in [0.25, 0.3) is 0 Å². The average molecular weight is 408 g/mol. The molecule has 29 heavy (non-hydrogen) atoms. The summed E-state index contributed by atoms with van der Waals surface area (Å²) >= 11 is 0. The third-order valence-electron chi connectivity index (χ3n) is 4.99. The molecule has 0 bridgehead atoms. The van der Waals surface area contributed by atoms with Gasteiger partial charge in [-0.05, 0) is 88.7 Å². The summed E-state index contributed by atoms with van der Waals surface area (Å²) in [5.41, 5.74) is 1.49. The third kappa shape index (κ3) is 10.9. The van der Waals surface area contributed by atoms with E-state index in [0.29, 0.717) is 5.92 Å². The maximum absolute atomic E-state index is 9.10. The van der Waals surface area contributed by atoms with Crippen LogP contribution >= 0.6 is 0 Å². The highest BCUT2D eigenvalue weighted by molar-refractivity contribution is 6.27. The summed E-state index contributed by atoms with van der Waals surface area (Å²) in [5, 5.41) is 14.8. The normalized spacial score (nSPS) is 15.1. The van der Waals surface area contributed by atoms with Gasteiger partial charge in [0.1, 0.15) is 5.75 Å². The number of nitrogens with zero attached hydrogens (tertiary/aromatic N) is 1. The van der Waals surface area contributed by atoms with Crippen LogP contribution in [0.25, 0.3) is 0 Å². The molecule has 2 rings (SSSR count). The number of likely N-dealkylation sites (tertiary alicyclic amines) is 1. The van der Waals surface area contributed by atoms with Crippen molar-refractivity contribution in [3.05, 3.63) is 29.8 Å². The van der Waals surface area contributed by atoms with Gasteiger partial charge in [0, 0.05) is 0 Å². The van der Waals surface area contributed by atoms with Crippen LogP contribution in [0.2, 0.25) is 0 Å². The Hall–Kier alpha value is -2.08. The number of aliphatic carboxylic acids is 2. The minimum absolute atomic E-state index is 0.243. The molecule has 6 heteroatoms. The molecule has 2 N–H and O–H groups in total. The highest BCUT2D eigenvalue weighted by Crippen LogP contribution is 2.29. The van der Waals surface area contributed by atoms with Gasteiger partial charge in [-0.25, -0.2) is 9.59 Å². The summed E-state index contributed by atoms with van der Waals surface area (Å²) in [4.78, 5) is 20.8. The average Bonchev–Trinajstić information content (AvgIpc) is 3.16. The van der Waals surface area contributed by atoms with E-state index in [9.17, 15) is 0 Å². The second-order valence-electron chi connectivity index (χ2n) is 8.35. The molecule has 1 saturated heterocycles. The summed E-state index contributed by atoms with van der Waals surface area (Å²) in [6.07, 6.45) is 6.92. The number of benzene rings is 1. The third-order valence-corrected chi connectivity index (χ3v) is 4.99. The molecular weight excluding hydrogens is 370 g/mol. The lowest BCUT2D eigenvalue weighted by molar-refractivity contribution is -0.159. The Balaban J connectivity index is 0.000000612. The molecule has 1 unspecified atom stereocenters. The minimum atomic E-state index is -1.82. The van der Waals surface area contributed by atoms with E-state index in [1.54, 1.807) is 0 Å². The number of carboxylic acids is 2. The molecule has 1 aliphatic heterocycles.